The highest BCUT2D eigenvalue weighted by Gasteiger charge is 2.42. The maximum Gasteiger partial charge on any atom is 0.129 e. The molecule has 4 rings (SSSR count). The predicted molar refractivity (Wildman–Crippen MR) is 100 cm³/mol. The summed E-state index contributed by atoms with van der Waals surface area (Å²) in [5, 5.41) is 3.73. The third kappa shape index (κ3) is 2.69. The number of benzene rings is 2. The highest BCUT2D eigenvalue weighted by atomic mass is 15.1. The summed E-state index contributed by atoms with van der Waals surface area (Å²) in [5.41, 5.74) is 2.47. The lowest BCUT2D eigenvalue weighted by molar-refractivity contribution is 0.289. The number of aliphatic imine (C=N–C) groups is 1. The van der Waals surface area contributed by atoms with Crippen LogP contribution in [0.3, 0.4) is 0 Å². The lowest BCUT2D eigenvalue weighted by Crippen LogP contribution is -2.44. The SMILES string of the molecule is CC1(C2NC(c3ccccc3)=NC2c2ccccc2)C=CC=CC1. The van der Waals surface area contributed by atoms with E-state index >= 15 is 0 Å². The molecule has 1 heterocycles. The van der Waals surface area contributed by atoms with Gasteiger partial charge in [-0.3, -0.25) is 4.99 Å². The van der Waals surface area contributed by atoms with Crippen LogP contribution in [-0.4, -0.2) is 11.9 Å². The van der Waals surface area contributed by atoms with E-state index < -0.39 is 0 Å². The van der Waals surface area contributed by atoms with E-state index in [0.29, 0.717) is 0 Å². The van der Waals surface area contributed by atoms with E-state index in [0.717, 1.165) is 17.8 Å². The highest BCUT2D eigenvalue weighted by molar-refractivity contribution is 6.00. The lowest BCUT2D eigenvalue weighted by atomic mass is 9.73. The summed E-state index contributed by atoms with van der Waals surface area (Å²) in [6.07, 6.45) is 9.90. The van der Waals surface area contributed by atoms with Crippen molar-refractivity contribution in [3.8, 4) is 0 Å². The third-order valence-corrected chi connectivity index (χ3v) is 5.06. The van der Waals surface area contributed by atoms with Crippen LogP contribution < -0.4 is 5.32 Å². The van der Waals surface area contributed by atoms with Crippen LogP contribution >= 0.6 is 0 Å². The van der Waals surface area contributed by atoms with E-state index in [-0.39, 0.29) is 17.5 Å². The smallest absolute Gasteiger partial charge is 0.129 e. The monoisotopic (exact) mass is 314 g/mol. The average Bonchev–Trinajstić information content (AvgIpc) is 3.10. The summed E-state index contributed by atoms with van der Waals surface area (Å²) in [6, 6.07) is 21.4. The van der Waals surface area contributed by atoms with Crippen LogP contribution in [0.15, 0.2) is 90.0 Å². The zero-order chi connectivity index (χ0) is 16.4. The van der Waals surface area contributed by atoms with Gasteiger partial charge in [-0.25, -0.2) is 0 Å². The van der Waals surface area contributed by atoms with E-state index in [1.165, 1.54) is 5.56 Å². The van der Waals surface area contributed by atoms with Gasteiger partial charge in [-0.1, -0.05) is 91.9 Å². The summed E-state index contributed by atoms with van der Waals surface area (Å²) in [6.45, 7) is 2.32. The van der Waals surface area contributed by atoms with Crippen molar-refractivity contribution >= 4 is 5.84 Å². The van der Waals surface area contributed by atoms with Crippen molar-refractivity contribution in [1.29, 1.82) is 0 Å². The summed E-state index contributed by atoms with van der Waals surface area (Å²) < 4.78 is 0. The molecule has 2 aromatic carbocycles. The Morgan fingerprint density at radius 1 is 0.958 bits per heavy atom. The van der Waals surface area contributed by atoms with Gasteiger partial charge in [-0.2, -0.15) is 0 Å². The number of allylic oxidation sites excluding steroid dienone is 3. The van der Waals surface area contributed by atoms with Crippen molar-refractivity contribution < 1.29 is 0 Å². The van der Waals surface area contributed by atoms with E-state index in [9.17, 15) is 0 Å². The molecule has 0 aromatic heterocycles. The maximum atomic E-state index is 5.08. The van der Waals surface area contributed by atoms with Crippen LogP contribution in [0.25, 0.3) is 0 Å². The molecule has 2 aliphatic rings. The summed E-state index contributed by atoms with van der Waals surface area (Å²) in [5.74, 6) is 0.999. The van der Waals surface area contributed by atoms with Gasteiger partial charge in [0.1, 0.15) is 5.84 Å². The summed E-state index contributed by atoms with van der Waals surface area (Å²) >= 11 is 0. The number of hydrogen-bond donors (Lipinski definition) is 1. The van der Waals surface area contributed by atoms with Crippen LogP contribution in [0.2, 0.25) is 0 Å². The molecule has 0 amide bonds. The molecule has 0 spiro atoms. The second kappa shape index (κ2) is 6.12. The topological polar surface area (TPSA) is 24.4 Å². The lowest BCUT2D eigenvalue weighted by Gasteiger charge is -2.36. The molecule has 0 radical (unpaired) electrons. The first-order valence-corrected chi connectivity index (χ1v) is 8.55. The number of nitrogens with one attached hydrogen (secondary N) is 1. The van der Waals surface area contributed by atoms with E-state index in [1.807, 2.05) is 6.07 Å². The molecule has 120 valence electrons. The molecule has 0 saturated carbocycles. The van der Waals surface area contributed by atoms with Crippen molar-refractivity contribution in [2.24, 2.45) is 10.4 Å². The standard InChI is InChI=1S/C22H22N2/c1-22(15-9-4-10-16-22)20-19(17-11-5-2-6-12-17)23-21(24-20)18-13-7-3-8-14-18/h2-15,19-20H,16H2,1H3,(H,23,24). The molecule has 2 nitrogen and oxygen atoms in total. The van der Waals surface area contributed by atoms with Crippen molar-refractivity contribution in [1.82, 2.24) is 5.32 Å². The van der Waals surface area contributed by atoms with Gasteiger partial charge >= 0.3 is 0 Å². The van der Waals surface area contributed by atoms with Crippen LogP contribution in [0.1, 0.15) is 30.5 Å². The Labute approximate surface area is 143 Å². The fourth-order valence-corrected chi connectivity index (χ4v) is 3.65. The molecular formula is C22H22N2. The fraction of sp³-hybridized carbons (Fsp3) is 0.227. The zero-order valence-corrected chi connectivity index (χ0v) is 13.9. The predicted octanol–water partition coefficient (Wildman–Crippen LogP) is 4.67. The Bertz CT molecular complexity index is 789. The average molecular weight is 314 g/mol. The van der Waals surface area contributed by atoms with Crippen molar-refractivity contribution in [3.05, 3.63) is 96.1 Å². The Morgan fingerprint density at radius 2 is 1.67 bits per heavy atom. The molecule has 1 N–H and O–H groups in total. The fourth-order valence-electron chi connectivity index (χ4n) is 3.65. The summed E-state index contributed by atoms with van der Waals surface area (Å²) in [4.78, 5) is 5.08. The van der Waals surface area contributed by atoms with E-state index in [4.69, 9.17) is 4.99 Å². The molecule has 0 bridgehead atoms. The number of amidine groups is 1. The molecule has 3 unspecified atom stereocenters. The second-order valence-electron chi connectivity index (χ2n) is 6.82. The minimum absolute atomic E-state index is 0.0509. The minimum atomic E-state index is 0.0509. The Kier molecular flexibility index (Phi) is 3.81. The molecular weight excluding hydrogens is 292 g/mol. The Hall–Kier alpha value is -2.61. The quantitative estimate of drug-likeness (QED) is 0.875. The van der Waals surface area contributed by atoms with Gasteiger partial charge in [0, 0.05) is 11.0 Å². The van der Waals surface area contributed by atoms with Crippen LogP contribution in [0.5, 0.6) is 0 Å². The number of hydrogen-bond acceptors (Lipinski definition) is 2. The van der Waals surface area contributed by atoms with E-state index in [1.54, 1.807) is 0 Å². The van der Waals surface area contributed by atoms with Crippen molar-refractivity contribution in [2.75, 3.05) is 0 Å². The van der Waals surface area contributed by atoms with Gasteiger partial charge in [0.15, 0.2) is 0 Å². The van der Waals surface area contributed by atoms with Crippen molar-refractivity contribution in [3.63, 3.8) is 0 Å². The Balaban J connectivity index is 1.74. The van der Waals surface area contributed by atoms with Crippen LogP contribution in [0.4, 0.5) is 0 Å². The zero-order valence-electron chi connectivity index (χ0n) is 13.9. The summed E-state index contributed by atoms with van der Waals surface area (Å²) in [7, 11) is 0. The Morgan fingerprint density at radius 3 is 2.33 bits per heavy atom. The normalized spacial score (nSPS) is 28.5. The van der Waals surface area contributed by atoms with Gasteiger partial charge in [-0.15, -0.1) is 0 Å². The van der Waals surface area contributed by atoms with Gasteiger partial charge < -0.3 is 5.32 Å². The van der Waals surface area contributed by atoms with Gasteiger partial charge in [-0.05, 0) is 12.0 Å². The van der Waals surface area contributed by atoms with Crippen LogP contribution in [-0.2, 0) is 0 Å². The first kappa shape index (κ1) is 14.9. The third-order valence-electron chi connectivity index (χ3n) is 5.06. The first-order chi connectivity index (χ1) is 11.8. The van der Waals surface area contributed by atoms with Gasteiger partial charge in [0.25, 0.3) is 0 Å². The number of nitrogens with zero attached hydrogens (tertiary/aromatic N) is 1. The molecule has 24 heavy (non-hydrogen) atoms. The minimum Gasteiger partial charge on any atom is -0.364 e. The molecule has 2 heteroatoms. The van der Waals surface area contributed by atoms with Gasteiger partial charge in [0.05, 0.1) is 12.1 Å². The maximum absolute atomic E-state index is 5.08. The van der Waals surface area contributed by atoms with Crippen LogP contribution in [0, 0.1) is 5.41 Å². The first-order valence-electron chi connectivity index (χ1n) is 8.55. The molecule has 0 saturated heterocycles. The molecule has 1 aliphatic carbocycles. The van der Waals surface area contributed by atoms with Gasteiger partial charge in [0.2, 0.25) is 0 Å². The van der Waals surface area contributed by atoms with E-state index in [2.05, 4.69) is 91.1 Å². The molecule has 0 fully saturated rings. The second-order valence-corrected chi connectivity index (χ2v) is 6.82. The molecule has 2 aromatic rings. The van der Waals surface area contributed by atoms with Crippen molar-refractivity contribution in [2.45, 2.75) is 25.4 Å². The largest absolute Gasteiger partial charge is 0.364 e. The molecule has 3 atom stereocenters. The molecule has 1 aliphatic heterocycles. The highest BCUT2D eigenvalue weighted by Crippen LogP contribution is 2.41. The number of rotatable bonds is 3.